The molecule has 6 rings (SSSR count). The van der Waals surface area contributed by atoms with Gasteiger partial charge in [0.2, 0.25) is 0 Å². The highest BCUT2D eigenvalue weighted by molar-refractivity contribution is 7.86. The molecule has 0 radical (unpaired) electrons. The number of fused-ring (bicyclic) bond motifs is 6. The minimum atomic E-state index is -1.58. The van der Waals surface area contributed by atoms with E-state index in [9.17, 15) is 9.00 Å². The quantitative estimate of drug-likeness (QED) is 0.689. The van der Waals surface area contributed by atoms with E-state index in [1.807, 2.05) is 37.3 Å². The number of carbonyl (C=O) groups excluding carboxylic acids is 1. The minimum Gasteiger partial charge on any atom is -0.367 e. The molecule has 3 nitrogen and oxygen atoms in total. The third-order valence-corrected chi connectivity index (χ3v) is 11.4. The fourth-order valence-corrected chi connectivity index (χ4v) is 9.98. The van der Waals surface area contributed by atoms with Crippen LogP contribution < -0.4 is 0 Å². The van der Waals surface area contributed by atoms with Gasteiger partial charge >= 0.3 is 0 Å². The van der Waals surface area contributed by atoms with Crippen molar-refractivity contribution in [3.63, 3.8) is 0 Å². The third-order valence-electron chi connectivity index (χ3n) is 9.18. The van der Waals surface area contributed by atoms with Gasteiger partial charge in [0.05, 0.1) is 27.3 Å². The molecular weight excluding hydrogens is 399 g/mol. The summed E-state index contributed by atoms with van der Waals surface area (Å²) >= 11 is 0. The van der Waals surface area contributed by atoms with Crippen LogP contribution in [0.25, 0.3) is 0 Å². The number of carbonyl (C=O) groups is 1. The predicted molar refractivity (Wildman–Crippen MR) is 113 cm³/mol. The standard InChI is InChI=1S/C25H27FO3S/c1-22-12-10-17(27)14-16(22)8-9-20-19-11-13-23(2)24(19,15-21(29-23)25(20,22)26)30(28)18-6-4-3-5-7-18/h3-7,10,12,14,19-21H,8-9,11,13,15H2,1-2H3/t19-,20-,21+,22-,23+,24-,25?,30+/m0/s1. The minimum absolute atomic E-state index is 0.0108. The van der Waals surface area contributed by atoms with E-state index >= 15 is 4.39 Å². The van der Waals surface area contributed by atoms with Gasteiger partial charge in [-0.25, -0.2) is 4.39 Å². The maximum atomic E-state index is 17.4. The predicted octanol–water partition coefficient (Wildman–Crippen LogP) is 4.69. The SMILES string of the molecule is C[C@]12C=CC(=O)C=C1CC[C@H]1[C@@H]3CC[C@@]4(C)O[C@H](C[C@]34[S@](=O)c3ccccc3)C12F. The van der Waals surface area contributed by atoms with E-state index in [0.29, 0.717) is 12.8 Å². The van der Waals surface area contributed by atoms with E-state index in [1.54, 1.807) is 12.2 Å². The van der Waals surface area contributed by atoms with Crippen LogP contribution in [0, 0.1) is 17.3 Å². The molecule has 0 amide bonds. The molecule has 5 aliphatic rings. The normalized spacial score (nSPS) is 49.4. The molecule has 3 saturated carbocycles. The molecular formula is C25H27FO3S. The van der Waals surface area contributed by atoms with Crippen LogP contribution in [0.4, 0.5) is 4.39 Å². The Bertz CT molecular complexity index is 1030. The number of hydrogen-bond acceptors (Lipinski definition) is 3. The Balaban J connectivity index is 1.51. The number of hydrogen-bond donors (Lipinski definition) is 0. The smallest absolute Gasteiger partial charge is 0.178 e. The van der Waals surface area contributed by atoms with Crippen molar-refractivity contribution in [2.45, 2.75) is 73.0 Å². The first-order valence-corrected chi connectivity index (χ1v) is 12.2. The van der Waals surface area contributed by atoms with Crippen molar-refractivity contribution in [1.29, 1.82) is 0 Å². The molecule has 0 aromatic heterocycles. The number of ether oxygens (including phenoxy) is 1. The van der Waals surface area contributed by atoms with Crippen molar-refractivity contribution in [3.05, 3.63) is 54.1 Å². The lowest BCUT2D eigenvalue weighted by Crippen LogP contribution is -2.66. The maximum Gasteiger partial charge on any atom is 0.178 e. The van der Waals surface area contributed by atoms with Crippen LogP contribution in [0.3, 0.4) is 0 Å². The molecule has 158 valence electrons. The summed E-state index contributed by atoms with van der Waals surface area (Å²) in [5, 5.41) is 0. The molecule has 30 heavy (non-hydrogen) atoms. The van der Waals surface area contributed by atoms with Gasteiger partial charge in [0.25, 0.3) is 0 Å². The highest BCUT2D eigenvalue weighted by atomic mass is 32.2. The summed E-state index contributed by atoms with van der Waals surface area (Å²) in [6, 6.07) is 9.63. The Hall–Kier alpha value is -1.59. The van der Waals surface area contributed by atoms with Gasteiger partial charge < -0.3 is 4.74 Å². The molecule has 1 heterocycles. The second-order valence-corrected chi connectivity index (χ2v) is 11.9. The van der Waals surface area contributed by atoms with Crippen LogP contribution in [-0.4, -0.2) is 32.1 Å². The Morgan fingerprint density at radius 2 is 1.90 bits per heavy atom. The molecule has 1 saturated heterocycles. The van der Waals surface area contributed by atoms with Crippen molar-refractivity contribution in [2.24, 2.45) is 17.3 Å². The van der Waals surface area contributed by atoms with Gasteiger partial charge in [-0.05, 0) is 76.2 Å². The first-order valence-electron chi connectivity index (χ1n) is 11.0. The van der Waals surface area contributed by atoms with Crippen LogP contribution in [0.1, 0.15) is 46.0 Å². The molecule has 1 aromatic carbocycles. The molecule has 4 fully saturated rings. The first-order chi connectivity index (χ1) is 14.3. The molecule has 1 aliphatic heterocycles. The Morgan fingerprint density at radius 3 is 2.67 bits per heavy atom. The lowest BCUT2D eigenvalue weighted by molar-refractivity contribution is -0.168. The molecule has 5 heteroatoms. The second kappa shape index (κ2) is 5.80. The average molecular weight is 427 g/mol. The summed E-state index contributed by atoms with van der Waals surface area (Å²) in [5.74, 6) is -0.259. The fourth-order valence-electron chi connectivity index (χ4n) is 7.75. The number of benzene rings is 1. The van der Waals surface area contributed by atoms with Crippen LogP contribution >= 0.6 is 0 Å². The van der Waals surface area contributed by atoms with Gasteiger partial charge in [-0.15, -0.1) is 0 Å². The van der Waals surface area contributed by atoms with Crippen LogP contribution in [0.15, 0.2) is 59.0 Å². The molecule has 0 spiro atoms. The fraction of sp³-hybridized carbons (Fsp3) is 0.560. The average Bonchev–Trinajstić information content (AvgIpc) is 3.18. The van der Waals surface area contributed by atoms with Gasteiger partial charge in [-0.2, -0.15) is 0 Å². The summed E-state index contributed by atoms with van der Waals surface area (Å²) in [6.45, 7) is 4.00. The van der Waals surface area contributed by atoms with E-state index in [4.69, 9.17) is 4.74 Å². The van der Waals surface area contributed by atoms with E-state index in [2.05, 4.69) is 6.92 Å². The van der Waals surface area contributed by atoms with Gasteiger partial charge in [-0.1, -0.05) is 29.8 Å². The molecule has 1 unspecified atom stereocenters. The van der Waals surface area contributed by atoms with E-state index in [1.165, 1.54) is 6.08 Å². The lowest BCUT2D eigenvalue weighted by Gasteiger charge is -2.59. The Morgan fingerprint density at radius 1 is 1.13 bits per heavy atom. The van der Waals surface area contributed by atoms with E-state index in [-0.39, 0.29) is 17.6 Å². The van der Waals surface area contributed by atoms with Crippen molar-refractivity contribution in [1.82, 2.24) is 0 Å². The van der Waals surface area contributed by atoms with Gasteiger partial charge in [0.15, 0.2) is 11.5 Å². The van der Waals surface area contributed by atoms with Gasteiger partial charge in [-0.3, -0.25) is 9.00 Å². The van der Waals surface area contributed by atoms with E-state index < -0.39 is 38.3 Å². The summed E-state index contributed by atoms with van der Waals surface area (Å²) < 4.78 is 37.5. The zero-order valence-corrected chi connectivity index (χ0v) is 18.2. The van der Waals surface area contributed by atoms with E-state index in [0.717, 1.165) is 29.7 Å². The first kappa shape index (κ1) is 19.1. The Kier molecular flexibility index (Phi) is 3.70. The van der Waals surface area contributed by atoms with Crippen molar-refractivity contribution < 1.29 is 18.1 Å². The summed E-state index contributed by atoms with van der Waals surface area (Å²) in [5.41, 5.74) is -2.12. The van der Waals surface area contributed by atoms with Gasteiger partial charge in [0.1, 0.15) is 0 Å². The highest BCUT2D eigenvalue weighted by Crippen LogP contribution is 2.73. The second-order valence-electron chi connectivity index (χ2n) is 10.2. The summed E-state index contributed by atoms with van der Waals surface area (Å²) in [4.78, 5) is 12.8. The van der Waals surface area contributed by atoms with Crippen molar-refractivity contribution in [2.75, 3.05) is 0 Å². The third kappa shape index (κ3) is 1.95. The zero-order chi connectivity index (χ0) is 20.9. The molecule has 8 atom stereocenters. The van der Waals surface area contributed by atoms with Crippen LogP contribution in [0.2, 0.25) is 0 Å². The lowest BCUT2D eigenvalue weighted by atomic mass is 9.48. The highest BCUT2D eigenvalue weighted by Gasteiger charge is 2.80. The number of alkyl halides is 1. The molecule has 4 aliphatic carbocycles. The number of allylic oxidation sites excluding steroid dienone is 4. The largest absolute Gasteiger partial charge is 0.367 e. The monoisotopic (exact) mass is 426 g/mol. The van der Waals surface area contributed by atoms with Crippen LogP contribution in [0.5, 0.6) is 0 Å². The molecule has 2 bridgehead atoms. The molecule has 0 N–H and O–H groups in total. The van der Waals surface area contributed by atoms with Gasteiger partial charge in [0, 0.05) is 16.2 Å². The maximum absolute atomic E-state index is 17.4. The topological polar surface area (TPSA) is 43.4 Å². The summed E-state index contributed by atoms with van der Waals surface area (Å²) in [7, 11) is -1.26. The Labute approximate surface area is 179 Å². The number of rotatable bonds is 2. The zero-order valence-electron chi connectivity index (χ0n) is 17.4. The number of halogens is 1. The number of ketones is 1. The summed E-state index contributed by atoms with van der Waals surface area (Å²) in [6.07, 6.45) is 7.89. The van der Waals surface area contributed by atoms with Crippen LogP contribution in [-0.2, 0) is 20.3 Å². The van der Waals surface area contributed by atoms with Crippen molar-refractivity contribution >= 4 is 16.6 Å². The molecule has 1 aromatic rings. The van der Waals surface area contributed by atoms with Crippen molar-refractivity contribution in [3.8, 4) is 0 Å².